The van der Waals surface area contributed by atoms with E-state index in [1.807, 2.05) is 11.0 Å². The number of hydrazone groups is 1. The van der Waals surface area contributed by atoms with E-state index < -0.39 is 0 Å². The van der Waals surface area contributed by atoms with Crippen molar-refractivity contribution in [1.29, 1.82) is 10.7 Å². The number of nitriles is 1. The third-order valence-corrected chi connectivity index (χ3v) is 3.96. The summed E-state index contributed by atoms with van der Waals surface area (Å²) in [6, 6.07) is 6.92. The van der Waals surface area contributed by atoms with Gasteiger partial charge in [-0.15, -0.1) is 0 Å². The van der Waals surface area contributed by atoms with Gasteiger partial charge in [-0.3, -0.25) is 10.8 Å². The molecule has 0 amide bonds. The lowest BCUT2D eigenvalue weighted by Crippen LogP contribution is -2.39. The molecule has 0 radical (unpaired) electrons. The van der Waals surface area contributed by atoms with Gasteiger partial charge in [0.15, 0.2) is 5.84 Å². The second kappa shape index (κ2) is 7.30. The SMILES string of the molecule is N#C/C(=N/Nc1ccc(Cl)c(Cl)c1)C(=N)N1CCCCC1. The molecule has 1 aliphatic heterocycles. The third kappa shape index (κ3) is 4.10. The number of nitrogens with one attached hydrogen (secondary N) is 2. The Morgan fingerprint density at radius 1 is 1.24 bits per heavy atom. The van der Waals surface area contributed by atoms with Gasteiger partial charge in [-0.25, -0.2) is 0 Å². The van der Waals surface area contributed by atoms with Crippen LogP contribution in [-0.4, -0.2) is 29.5 Å². The molecule has 0 aliphatic carbocycles. The molecule has 0 unspecified atom stereocenters. The zero-order valence-corrected chi connectivity index (χ0v) is 12.9. The maximum Gasteiger partial charge on any atom is 0.202 e. The zero-order chi connectivity index (χ0) is 15.2. The first kappa shape index (κ1) is 15.6. The standard InChI is InChI=1S/C14H15Cl2N5/c15-11-5-4-10(8-12(11)16)19-20-13(9-17)14(18)21-6-2-1-3-7-21/h4-5,8,18-19H,1-3,6-7H2/b18-14?,20-13-. The molecule has 1 aromatic rings. The minimum atomic E-state index is 0.0583. The van der Waals surface area contributed by atoms with Crippen LogP contribution in [0.2, 0.25) is 10.0 Å². The molecule has 2 N–H and O–H groups in total. The number of piperidine rings is 1. The molecule has 110 valence electrons. The molecule has 7 heteroatoms. The van der Waals surface area contributed by atoms with E-state index in [2.05, 4.69) is 10.5 Å². The minimum Gasteiger partial charge on any atom is -0.355 e. The molecular formula is C14H15Cl2N5. The molecule has 2 rings (SSSR count). The van der Waals surface area contributed by atoms with Crippen molar-refractivity contribution < 1.29 is 0 Å². The first-order chi connectivity index (χ1) is 10.1. The Kier molecular flexibility index (Phi) is 5.43. The summed E-state index contributed by atoms with van der Waals surface area (Å²) in [5.74, 6) is 0.157. The van der Waals surface area contributed by atoms with Crippen LogP contribution in [-0.2, 0) is 0 Å². The van der Waals surface area contributed by atoms with Gasteiger partial charge in [0.05, 0.1) is 15.7 Å². The summed E-state index contributed by atoms with van der Waals surface area (Å²) in [6.45, 7) is 1.60. The Balaban J connectivity index is 2.07. The molecule has 1 heterocycles. The first-order valence-electron chi connectivity index (χ1n) is 6.64. The zero-order valence-electron chi connectivity index (χ0n) is 11.4. The van der Waals surface area contributed by atoms with Gasteiger partial charge in [0.2, 0.25) is 5.71 Å². The Bertz CT molecular complexity index is 600. The second-order valence-electron chi connectivity index (χ2n) is 4.71. The molecule has 1 fully saturated rings. The number of nitrogens with zero attached hydrogens (tertiary/aromatic N) is 3. The van der Waals surface area contributed by atoms with Gasteiger partial charge >= 0.3 is 0 Å². The van der Waals surface area contributed by atoms with Crippen LogP contribution < -0.4 is 5.43 Å². The van der Waals surface area contributed by atoms with Crippen LogP contribution in [0.3, 0.4) is 0 Å². The lowest BCUT2D eigenvalue weighted by Gasteiger charge is -2.27. The molecule has 0 bridgehead atoms. The number of hydrogen-bond donors (Lipinski definition) is 2. The van der Waals surface area contributed by atoms with Crippen LogP contribution in [0.25, 0.3) is 0 Å². The Morgan fingerprint density at radius 2 is 1.95 bits per heavy atom. The molecule has 0 aromatic heterocycles. The highest BCUT2D eigenvalue weighted by atomic mass is 35.5. The summed E-state index contributed by atoms with van der Waals surface area (Å²) in [6.07, 6.45) is 3.26. The van der Waals surface area contributed by atoms with E-state index in [-0.39, 0.29) is 11.5 Å². The predicted molar refractivity (Wildman–Crippen MR) is 86.3 cm³/mol. The van der Waals surface area contributed by atoms with Crippen LogP contribution >= 0.6 is 23.2 Å². The van der Waals surface area contributed by atoms with E-state index in [1.165, 1.54) is 6.42 Å². The highest BCUT2D eigenvalue weighted by Crippen LogP contribution is 2.25. The van der Waals surface area contributed by atoms with E-state index in [0.29, 0.717) is 15.7 Å². The van der Waals surface area contributed by atoms with Gasteiger partial charge in [0, 0.05) is 13.1 Å². The van der Waals surface area contributed by atoms with Gasteiger partial charge in [-0.05, 0) is 37.5 Å². The third-order valence-electron chi connectivity index (χ3n) is 3.22. The van der Waals surface area contributed by atoms with Crippen molar-refractivity contribution in [3.8, 4) is 6.07 Å². The smallest absolute Gasteiger partial charge is 0.202 e. The van der Waals surface area contributed by atoms with Crippen molar-refractivity contribution in [1.82, 2.24) is 4.90 Å². The Morgan fingerprint density at radius 3 is 2.57 bits per heavy atom. The molecule has 1 aliphatic rings. The van der Waals surface area contributed by atoms with E-state index in [0.717, 1.165) is 25.9 Å². The highest BCUT2D eigenvalue weighted by molar-refractivity contribution is 6.46. The lowest BCUT2D eigenvalue weighted by atomic mass is 10.1. The predicted octanol–water partition coefficient (Wildman–Crippen LogP) is 3.75. The Hall–Kier alpha value is -1.77. The minimum absolute atomic E-state index is 0.0583. The van der Waals surface area contributed by atoms with Crippen molar-refractivity contribution in [2.45, 2.75) is 19.3 Å². The average Bonchev–Trinajstić information content (AvgIpc) is 2.52. The van der Waals surface area contributed by atoms with Gasteiger partial charge < -0.3 is 4.90 Å². The van der Waals surface area contributed by atoms with Crippen molar-refractivity contribution >= 4 is 40.4 Å². The van der Waals surface area contributed by atoms with E-state index >= 15 is 0 Å². The molecule has 21 heavy (non-hydrogen) atoms. The van der Waals surface area contributed by atoms with E-state index in [9.17, 15) is 0 Å². The summed E-state index contributed by atoms with van der Waals surface area (Å²) in [4.78, 5) is 1.88. The molecule has 0 saturated carbocycles. The summed E-state index contributed by atoms with van der Waals surface area (Å²) in [5.41, 5.74) is 3.41. The number of rotatable bonds is 3. The fourth-order valence-electron chi connectivity index (χ4n) is 2.08. The van der Waals surface area contributed by atoms with E-state index in [4.69, 9.17) is 33.9 Å². The number of anilines is 1. The van der Waals surface area contributed by atoms with Crippen LogP contribution in [0, 0.1) is 16.7 Å². The number of benzene rings is 1. The fourth-order valence-corrected chi connectivity index (χ4v) is 2.38. The van der Waals surface area contributed by atoms with Crippen LogP contribution in [0.5, 0.6) is 0 Å². The second-order valence-corrected chi connectivity index (χ2v) is 5.52. The largest absolute Gasteiger partial charge is 0.355 e. The number of hydrogen-bond acceptors (Lipinski definition) is 4. The van der Waals surface area contributed by atoms with Crippen LogP contribution in [0.15, 0.2) is 23.3 Å². The van der Waals surface area contributed by atoms with Gasteiger partial charge in [-0.2, -0.15) is 10.4 Å². The summed E-state index contributed by atoms with van der Waals surface area (Å²) in [5, 5.41) is 22.1. The first-order valence-corrected chi connectivity index (χ1v) is 7.40. The summed E-state index contributed by atoms with van der Waals surface area (Å²) >= 11 is 11.7. The van der Waals surface area contributed by atoms with Crippen molar-refractivity contribution in [2.24, 2.45) is 5.10 Å². The summed E-state index contributed by atoms with van der Waals surface area (Å²) in [7, 11) is 0. The van der Waals surface area contributed by atoms with Crippen LogP contribution in [0.1, 0.15) is 19.3 Å². The quantitative estimate of drug-likeness (QED) is 0.505. The fraction of sp³-hybridized carbons (Fsp3) is 0.357. The number of halogens is 2. The van der Waals surface area contributed by atoms with Crippen molar-refractivity contribution in [2.75, 3.05) is 18.5 Å². The Labute approximate surface area is 133 Å². The monoisotopic (exact) mass is 323 g/mol. The van der Waals surface area contributed by atoms with Crippen LogP contribution in [0.4, 0.5) is 5.69 Å². The molecule has 1 saturated heterocycles. The van der Waals surface area contributed by atoms with Crippen molar-refractivity contribution in [3.05, 3.63) is 28.2 Å². The molecule has 0 spiro atoms. The average molecular weight is 324 g/mol. The molecular weight excluding hydrogens is 309 g/mol. The number of likely N-dealkylation sites (tertiary alicyclic amines) is 1. The number of amidine groups is 1. The maximum atomic E-state index is 9.17. The molecule has 1 aromatic carbocycles. The topological polar surface area (TPSA) is 75.3 Å². The van der Waals surface area contributed by atoms with Gasteiger partial charge in [0.25, 0.3) is 0 Å². The normalized spacial score (nSPS) is 15.5. The van der Waals surface area contributed by atoms with Crippen molar-refractivity contribution in [3.63, 3.8) is 0 Å². The highest BCUT2D eigenvalue weighted by Gasteiger charge is 2.18. The maximum absolute atomic E-state index is 9.17. The molecule has 5 nitrogen and oxygen atoms in total. The van der Waals surface area contributed by atoms with Gasteiger partial charge in [0.1, 0.15) is 6.07 Å². The lowest BCUT2D eigenvalue weighted by molar-refractivity contribution is 0.344. The molecule has 0 atom stereocenters. The van der Waals surface area contributed by atoms with E-state index in [1.54, 1.807) is 18.2 Å². The van der Waals surface area contributed by atoms with Gasteiger partial charge in [-0.1, -0.05) is 23.2 Å². The summed E-state index contributed by atoms with van der Waals surface area (Å²) < 4.78 is 0.